The van der Waals surface area contributed by atoms with E-state index in [2.05, 4.69) is 4.99 Å². The van der Waals surface area contributed by atoms with Crippen molar-refractivity contribution in [3.05, 3.63) is 99.2 Å². The molecule has 0 unspecified atom stereocenters. The fourth-order valence-electron chi connectivity index (χ4n) is 2.89. The highest BCUT2D eigenvalue weighted by Crippen LogP contribution is 2.30. The molecule has 0 spiro atoms. The van der Waals surface area contributed by atoms with Gasteiger partial charge in [0, 0.05) is 15.6 Å². The van der Waals surface area contributed by atoms with Gasteiger partial charge in [-0.3, -0.25) is 0 Å². The number of benzene rings is 3. The molecular weight excluding hydrogens is 453 g/mol. The van der Waals surface area contributed by atoms with E-state index in [9.17, 15) is 9.59 Å². The summed E-state index contributed by atoms with van der Waals surface area (Å²) in [6.07, 6.45) is 1.55. The minimum absolute atomic E-state index is 0.128. The highest BCUT2D eigenvalue weighted by atomic mass is 35.5. The van der Waals surface area contributed by atoms with Gasteiger partial charge >= 0.3 is 11.9 Å². The lowest BCUT2D eigenvalue weighted by Crippen LogP contribution is -2.09. The molecule has 1 aliphatic heterocycles. The molecule has 8 heteroatoms. The van der Waals surface area contributed by atoms with Crippen LogP contribution in [0, 0.1) is 0 Å². The van der Waals surface area contributed by atoms with Gasteiger partial charge in [0.15, 0.2) is 17.2 Å². The molecule has 0 saturated heterocycles. The molecule has 160 valence electrons. The van der Waals surface area contributed by atoms with Crippen LogP contribution < -0.4 is 9.47 Å². The van der Waals surface area contributed by atoms with E-state index in [0.717, 1.165) is 0 Å². The molecule has 0 saturated carbocycles. The van der Waals surface area contributed by atoms with Crippen LogP contribution in [-0.4, -0.2) is 24.9 Å². The third-order valence-electron chi connectivity index (χ3n) is 4.49. The molecular formula is C24H15Cl2NO5. The number of carbonyl (C=O) groups excluding carboxylic acids is 2. The van der Waals surface area contributed by atoms with Gasteiger partial charge in [-0.15, -0.1) is 0 Å². The highest BCUT2D eigenvalue weighted by molar-refractivity contribution is 6.31. The Morgan fingerprint density at radius 1 is 0.938 bits per heavy atom. The van der Waals surface area contributed by atoms with E-state index in [1.54, 1.807) is 72.8 Å². The number of hydrogen-bond donors (Lipinski definition) is 0. The summed E-state index contributed by atoms with van der Waals surface area (Å²) in [7, 11) is 1.45. The lowest BCUT2D eigenvalue weighted by Gasteiger charge is -2.10. The number of carbonyl (C=O) groups is 2. The second-order valence-corrected chi connectivity index (χ2v) is 7.52. The molecule has 1 aliphatic rings. The van der Waals surface area contributed by atoms with Gasteiger partial charge in [0.05, 0.1) is 12.7 Å². The Morgan fingerprint density at radius 2 is 1.59 bits per heavy atom. The number of esters is 2. The van der Waals surface area contributed by atoms with Crippen molar-refractivity contribution >= 4 is 47.1 Å². The minimum atomic E-state index is -0.577. The molecule has 32 heavy (non-hydrogen) atoms. The summed E-state index contributed by atoms with van der Waals surface area (Å²) in [6.45, 7) is 0. The molecule has 6 nitrogen and oxygen atoms in total. The molecule has 0 aromatic heterocycles. The fourth-order valence-corrected chi connectivity index (χ4v) is 3.14. The van der Waals surface area contributed by atoms with E-state index in [1.165, 1.54) is 7.11 Å². The molecule has 1 heterocycles. The number of ether oxygens (including phenoxy) is 3. The molecule has 0 amide bonds. The molecule has 0 atom stereocenters. The summed E-state index contributed by atoms with van der Waals surface area (Å²) >= 11 is 11.7. The number of nitrogens with zero attached hydrogens (tertiary/aromatic N) is 1. The van der Waals surface area contributed by atoms with Crippen molar-refractivity contribution in [3.8, 4) is 11.5 Å². The van der Waals surface area contributed by atoms with Crippen molar-refractivity contribution in [1.29, 1.82) is 0 Å². The number of methoxy groups -OCH3 is 1. The Hall–Kier alpha value is -3.61. The van der Waals surface area contributed by atoms with E-state index in [1.807, 2.05) is 0 Å². The van der Waals surface area contributed by atoms with E-state index in [-0.39, 0.29) is 17.3 Å². The summed E-state index contributed by atoms with van der Waals surface area (Å²) in [4.78, 5) is 28.9. The first-order valence-electron chi connectivity index (χ1n) is 9.37. The standard InChI is InChI=1S/C24H15Cl2NO5/c1-30-21-13-14(2-11-20(21)31-23(28)16-5-9-18(26)10-6-16)12-19-24(29)32-22(27-19)15-3-7-17(25)8-4-15/h2-13H,1H3/b19-12-. The van der Waals surface area contributed by atoms with Gasteiger partial charge < -0.3 is 14.2 Å². The third-order valence-corrected chi connectivity index (χ3v) is 4.99. The van der Waals surface area contributed by atoms with Crippen molar-refractivity contribution in [3.63, 3.8) is 0 Å². The largest absolute Gasteiger partial charge is 0.493 e. The zero-order valence-electron chi connectivity index (χ0n) is 16.7. The second kappa shape index (κ2) is 9.26. The van der Waals surface area contributed by atoms with Crippen LogP contribution in [-0.2, 0) is 9.53 Å². The summed E-state index contributed by atoms with van der Waals surface area (Å²) in [5.74, 6) is -0.392. The van der Waals surface area contributed by atoms with Crippen molar-refractivity contribution in [2.24, 2.45) is 4.99 Å². The van der Waals surface area contributed by atoms with Crippen molar-refractivity contribution in [2.75, 3.05) is 7.11 Å². The number of halogens is 2. The molecule has 3 aromatic rings. The molecule has 0 N–H and O–H groups in total. The molecule has 4 rings (SSSR count). The third kappa shape index (κ3) is 4.82. The van der Waals surface area contributed by atoms with E-state index in [4.69, 9.17) is 37.4 Å². The summed E-state index contributed by atoms with van der Waals surface area (Å²) < 4.78 is 16.0. The normalized spacial score (nSPS) is 14.2. The zero-order chi connectivity index (χ0) is 22.7. The second-order valence-electron chi connectivity index (χ2n) is 6.65. The molecule has 3 aromatic carbocycles. The van der Waals surface area contributed by atoms with E-state index >= 15 is 0 Å². The van der Waals surface area contributed by atoms with Crippen LogP contribution in [0.1, 0.15) is 21.5 Å². The SMILES string of the molecule is COc1cc(/C=C2\N=C(c3ccc(Cl)cc3)OC2=O)ccc1OC(=O)c1ccc(Cl)cc1. The summed E-state index contributed by atoms with van der Waals surface area (Å²) in [5.41, 5.74) is 1.72. The van der Waals surface area contributed by atoms with Gasteiger partial charge in [-0.2, -0.15) is 0 Å². The number of aliphatic imine (C=N–C) groups is 1. The Morgan fingerprint density at radius 3 is 2.25 bits per heavy atom. The molecule has 0 fully saturated rings. The maximum absolute atomic E-state index is 12.4. The van der Waals surface area contributed by atoms with Crippen molar-refractivity contribution in [1.82, 2.24) is 0 Å². The molecule has 0 radical (unpaired) electrons. The fraction of sp³-hybridized carbons (Fsp3) is 0.0417. The van der Waals surface area contributed by atoms with Gasteiger partial charge in [-0.25, -0.2) is 14.6 Å². The smallest absolute Gasteiger partial charge is 0.363 e. The molecule has 0 aliphatic carbocycles. The molecule has 0 bridgehead atoms. The maximum atomic E-state index is 12.4. The first-order valence-corrected chi connectivity index (χ1v) is 10.1. The summed E-state index contributed by atoms with van der Waals surface area (Å²) in [6, 6.07) is 18.0. The van der Waals surface area contributed by atoms with Gasteiger partial charge in [-0.1, -0.05) is 29.3 Å². The van der Waals surface area contributed by atoms with E-state index < -0.39 is 11.9 Å². The van der Waals surface area contributed by atoms with Crippen molar-refractivity contribution in [2.45, 2.75) is 0 Å². The topological polar surface area (TPSA) is 74.2 Å². The van der Waals surface area contributed by atoms with Crippen LogP contribution in [0.15, 0.2) is 77.4 Å². The van der Waals surface area contributed by atoms with E-state index in [0.29, 0.717) is 32.5 Å². The van der Waals surface area contributed by atoms with Crippen LogP contribution in [0.3, 0.4) is 0 Å². The Balaban J connectivity index is 1.56. The average Bonchev–Trinajstić information content (AvgIpc) is 3.15. The predicted molar refractivity (Wildman–Crippen MR) is 121 cm³/mol. The zero-order valence-corrected chi connectivity index (χ0v) is 18.2. The van der Waals surface area contributed by atoms with Gasteiger partial charge in [0.2, 0.25) is 5.90 Å². The van der Waals surface area contributed by atoms with Crippen LogP contribution in [0.2, 0.25) is 10.0 Å². The lowest BCUT2D eigenvalue weighted by atomic mass is 10.1. The predicted octanol–water partition coefficient (Wildman–Crippen LogP) is 5.57. The van der Waals surface area contributed by atoms with Gasteiger partial charge in [0.1, 0.15) is 0 Å². The number of rotatable bonds is 5. The lowest BCUT2D eigenvalue weighted by molar-refractivity contribution is -0.129. The Labute approximate surface area is 193 Å². The number of cyclic esters (lactones) is 1. The quantitative estimate of drug-likeness (QED) is 0.278. The Bertz CT molecular complexity index is 1250. The first-order chi connectivity index (χ1) is 15.4. The van der Waals surface area contributed by atoms with Crippen LogP contribution >= 0.6 is 23.2 Å². The average molecular weight is 468 g/mol. The monoisotopic (exact) mass is 467 g/mol. The van der Waals surface area contributed by atoms with Crippen LogP contribution in [0.5, 0.6) is 11.5 Å². The van der Waals surface area contributed by atoms with Crippen LogP contribution in [0.25, 0.3) is 6.08 Å². The highest BCUT2D eigenvalue weighted by Gasteiger charge is 2.24. The van der Waals surface area contributed by atoms with Crippen LogP contribution in [0.4, 0.5) is 0 Å². The first kappa shape index (κ1) is 21.6. The van der Waals surface area contributed by atoms with Gasteiger partial charge in [0.25, 0.3) is 0 Å². The van der Waals surface area contributed by atoms with Crippen molar-refractivity contribution < 1.29 is 23.8 Å². The maximum Gasteiger partial charge on any atom is 0.363 e. The Kier molecular flexibility index (Phi) is 6.25. The minimum Gasteiger partial charge on any atom is -0.493 e. The summed E-state index contributed by atoms with van der Waals surface area (Å²) in [5, 5.41) is 1.09. The number of hydrogen-bond acceptors (Lipinski definition) is 6. The van der Waals surface area contributed by atoms with Gasteiger partial charge in [-0.05, 0) is 72.3 Å².